The van der Waals surface area contributed by atoms with Gasteiger partial charge in [0.25, 0.3) is 0 Å². The van der Waals surface area contributed by atoms with Gasteiger partial charge in [0.1, 0.15) is 6.61 Å². The summed E-state index contributed by atoms with van der Waals surface area (Å²) in [5.74, 6) is -1.50. The lowest BCUT2D eigenvalue weighted by molar-refractivity contribution is -0.149. The number of carboxylic acid groups (broad SMARTS) is 1. The lowest BCUT2D eigenvalue weighted by Gasteiger charge is -2.28. The molecular weight excluding hydrogens is 444 g/mol. The highest BCUT2D eigenvalue weighted by Crippen LogP contribution is 2.44. The lowest BCUT2D eigenvalue weighted by Crippen LogP contribution is -2.48. The molecule has 35 heavy (non-hydrogen) atoms. The van der Waals surface area contributed by atoms with Crippen molar-refractivity contribution in [1.82, 2.24) is 10.6 Å². The number of amides is 2. The topological polar surface area (TPSA) is 105 Å². The van der Waals surface area contributed by atoms with Crippen LogP contribution in [0, 0.1) is 11.3 Å². The second kappa shape index (κ2) is 9.21. The Morgan fingerprint density at radius 3 is 2.31 bits per heavy atom. The molecule has 3 aliphatic rings. The van der Waals surface area contributed by atoms with Gasteiger partial charge in [-0.3, -0.25) is 9.59 Å². The number of fused-ring (bicyclic) bond motifs is 3. The average Bonchev–Trinajstić information content (AvgIpc) is 3.55. The van der Waals surface area contributed by atoms with Gasteiger partial charge in [-0.15, -0.1) is 0 Å². The third-order valence-corrected chi connectivity index (χ3v) is 7.83. The number of rotatable bonds is 6. The second-order valence-corrected chi connectivity index (χ2v) is 9.98. The predicted octanol–water partition coefficient (Wildman–Crippen LogP) is 4.23. The summed E-state index contributed by atoms with van der Waals surface area (Å²) in [4.78, 5) is 37.0. The molecule has 0 spiro atoms. The van der Waals surface area contributed by atoms with Crippen molar-refractivity contribution in [3.8, 4) is 11.1 Å². The average molecular weight is 475 g/mol. The van der Waals surface area contributed by atoms with Crippen molar-refractivity contribution in [2.45, 2.75) is 50.6 Å². The van der Waals surface area contributed by atoms with Crippen LogP contribution in [0.3, 0.4) is 0 Å². The number of ether oxygens (including phenoxy) is 1. The molecular formula is C28H30N2O5. The number of carbonyl (C=O) groups excluding carboxylic acids is 2. The summed E-state index contributed by atoms with van der Waals surface area (Å²) >= 11 is 0. The SMILES string of the molecule is CC1(C(=O)O)CCCC1NC(=O)C1C=CC(NC(=O)OCC2c3ccccc3-c3ccccc32)C1. The van der Waals surface area contributed by atoms with E-state index in [-0.39, 0.29) is 30.5 Å². The minimum absolute atomic E-state index is 0.0132. The van der Waals surface area contributed by atoms with Crippen LogP contribution in [0.5, 0.6) is 0 Å². The van der Waals surface area contributed by atoms with E-state index in [2.05, 4.69) is 34.9 Å². The first-order valence-electron chi connectivity index (χ1n) is 12.2. The van der Waals surface area contributed by atoms with E-state index in [9.17, 15) is 19.5 Å². The van der Waals surface area contributed by atoms with Gasteiger partial charge in [0.15, 0.2) is 0 Å². The first kappa shape index (κ1) is 23.1. The molecule has 0 saturated heterocycles. The minimum atomic E-state index is -0.934. The Morgan fingerprint density at radius 1 is 1.00 bits per heavy atom. The molecule has 2 aromatic rings. The van der Waals surface area contributed by atoms with E-state index in [0.29, 0.717) is 19.3 Å². The molecule has 7 heteroatoms. The van der Waals surface area contributed by atoms with Crippen molar-refractivity contribution < 1.29 is 24.2 Å². The van der Waals surface area contributed by atoms with Gasteiger partial charge in [0.2, 0.25) is 5.91 Å². The highest BCUT2D eigenvalue weighted by atomic mass is 16.5. The quantitative estimate of drug-likeness (QED) is 0.544. The number of alkyl carbamates (subject to hydrolysis) is 1. The van der Waals surface area contributed by atoms with Gasteiger partial charge in [0, 0.05) is 12.0 Å². The maximum absolute atomic E-state index is 12.8. The summed E-state index contributed by atoms with van der Waals surface area (Å²) in [6, 6.07) is 15.7. The monoisotopic (exact) mass is 474 g/mol. The molecule has 3 aliphatic carbocycles. The second-order valence-electron chi connectivity index (χ2n) is 9.98. The van der Waals surface area contributed by atoms with Crippen molar-refractivity contribution in [2.24, 2.45) is 11.3 Å². The van der Waals surface area contributed by atoms with E-state index >= 15 is 0 Å². The Hall–Kier alpha value is -3.61. The Morgan fingerprint density at radius 2 is 1.66 bits per heavy atom. The van der Waals surface area contributed by atoms with E-state index in [1.54, 1.807) is 19.1 Å². The number of benzene rings is 2. The van der Waals surface area contributed by atoms with Crippen LogP contribution in [0.4, 0.5) is 4.79 Å². The molecule has 0 aliphatic heterocycles. The summed E-state index contributed by atoms with van der Waals surface area (Å²) in [6.45, 7) is 1.93. The van der Waals surface area contributed by atoms with E-state index in [0.717, 1.165) is 17.5 Å². The van der Waals surface area contributed by atoms with Crippen LogP contribution in [0.1, 0.15) is 49.7 Å². The zero-order chi connectivity index (χ0) is 24.6. The molecule has 182 valence electrons. The van der Waals surface area contributed by atoms with Crippen molar-refractivity contribution in [3.05, 3.63) is 71.8 Å². The minimum Gasteiger partial charge on any atom is -0.481 e. The molecule has 2 amide bonds. The Bertz CT molecular complexity index is 1150. The number of carbonyl (C=O) groups is 3. The number of hydrogen-bond acceptors (Lipinski definition) is 4. The van der Waals surface area contributed by atoms with Crippen molar-refractivity contribution in [3.63, 3.8) is 0 Å². The van der Waals surface area contributed by atoms with Crippen LogP contribution in [-0.2, 0) is 14.3 Å². The summed E-state index contributed by atoms with van der Waals surface area (Å²) in [5.41, 5.74) is 3.71. The predicted molar refractivity (Wildman–Crippen MR) is 131 cm³/mol. The summed E-state index contributed by atoms with van der Waals surface area (Å²) < 4.78 is 5.61. The smallest absolute Gasteiger partial charge is 0.407 e. The normalized spacial score (nSPS) is 26.7. The summed E-state index contributed by atoms with van der Waals surface area (Å²) in [7, 11) is 0. The fraction of sp³-hybridized carbons (Fsp3) is 0.393. The Labute approximate surface area is 204 Å². The van der Waals surface area contributed by atoms with Crippen LogP contribution < -0.4 is 10.6 Å². The van der Waals surface area contributed by atoms with E-state index < -0.39 is 23.4 Å². The van der Waals surface area contributed by atoms with Gasteiger partial charge < -0.3 is 20.5 Å². The molecule has 7 nitrogen and oxygen atoms in total. The fourth-order valence-electron chi connectivity index (χ4n) is 5.72. The molecule has 0 aromatic heterocycles. The van der Waals surface area contributed by atoms with Crippen LogP contribution >= 0.6 is 0 Å². The van der Waals surface area contributed by atoms with E-state index in [1.807, 2.05) is 24.3 Å². The van der Waals surface area contributed by atoms with Gasteiger partial charge in [-0.25, -0.2) is 4.79 Å². The van der Waals surface area contributed by atoms with Gasteiger partial charge >= 0.3 is 12.1 Å². The lowest BCUT2D eigenvalue weighted by atomic mass is 9.84. The molecule has 1 fully saturated rings. The molecule has 0 radical (unpaired) electrons. The van der Waals surface area contributed by atoms with Gasteiger partial charge in [-0.05, 0) is 48.4 Å². The maximum atomic E-state index is 12.8. The van der Waals surface area contributed by atoms with Gasteiger partial charge in [0.05, 0.1) is 17.4 Å². The Balaban J connectivity index is 1.14. The maximum Gasteiger partial charge on any atom is 0.407 e. The fourth-order valence-corrected chi connectivity index (χ4v) is 5.72. The van der Waals surface area contributed by atoms with Crippen LogP contribution in [0.15, 0.2) is 60.7 Å². The largest absolute Gasteiger partial charge is 0.481 e. The standard InChI is InChI=1S/C28H30N2O5/c1-28(26(32)33)14-6-11-24(28)30-25(31)17-12-13-18(15-17)29-27(34)35-16-23-21-9-4-2-7-19(21)20-8-3-5-10-22(20)23/h2-5,7-10,12-13,17-18,23-24H,6,11,14-16H2,1H3,(H,29,34)(H,30,31)(H,32,33). The van der Waals surface area contributed by atoms with Crippen LogP contribution in [-0.4, -0.2) is 41.8 Å². The zero-order valence-corrected chi connectivity index (χ0v) is 19.7. The molecule has 1 saturated carbocycles. The Kier molecular flexibility index (Phi) is 6.09. The number of nitrogens with one attached hydrogen (secondary N) is 2. The molecule has 3 N–H and O–H groups in total. The highest BCUT2D eigenvalue weighted by Gasteiger charge is 2.46. The molecule has 4 unspecified atom stereocenters. The summed E-state index contributed by atoms with van der Waals surface area (Å²) in [5, 5.41) is 15.3. The molecule has 2 aromatic carbocycles. The van der Waals surface area contributed by atoms with Crippen molar-refractivity contribution >= 4 is 18.0 Å². The first-order chi connectivity index (χ1) is 16.9. The highest BCUT2D eigenvalue weighted by molar-refractivity contribution is 5.84. The first-order valence-corrected chi connectivity index (χ1v) is 12.2. The van der Waals surface area contributed by atoms with Gasteiger partial charge in [-0.2, -0.15) is 0 Å². The van der Waals surface area contributed by atoms with Gasteiger partial charge in [-0.1, -0.05) is 67.1 Å². The molecule has 4 atom stereocenters. The third-order valence-electron chi connectivity index (χ3n) is 7.83. The molecule has 0 heterocycles. The van der Waals surface area contributed by atoms with E-state index in [4.69, 9.17) is 4.74 Å². The number of carboxylic acids is 1. The van der Waals surface area contributed by atoms with E-state index in [1.165, 1.54) is 11.1 Å². The van der Waals surface area contributed by atoms with Crippen molar-refractivity contribution in [1.29, 1.82) is 0 Å². The third kappa shape index (κ3) is 4.31. The summed E-state index contributed by atoms with van der Waals surface area (Å²) in [6.07, 6.45) is 5.48. The van der Waals surface area contributed by atoms with Crippen LogP contribution in [0.2, 0.25) is 0 Å². The number of hydrogen-bond donors (Lipinski definition) is 3. The van der Waals surface area contributed by atoms with Crippen molar-refractivity contribution in [2.75, 3.05) is 6.61 Å². The molecule has 0 bridgehead atoms. The zero-order valence-electron chi connectivity index (χ0n) is 19.7. The van der Waals surface area contributed by atoms with Crippen LogP contribution in [0.25, 0.3) is 11.1 Å². The molecule has 5 rings (SSSR count). The number of aliphatic carboxylic acids is 1.